The van der Waals surface area contributed by atoms with E-state index >= 15 is 0 Å². The molecule has 2 aromatic rings. The standard InChI is InChI=1S/C22H25FO4/c1-16(12-19(24)15-27-14-17-7-3-2-4-8-17)6-5-9-21(25)18-10-11-22(26)20(23)13-18/h2-5,7-8,10-11,13,19,21,24-26H,9,12,14-15H2,1H3/t6?,19-,21-/m1/s1. The average molecular weight is 372 g/mol. The SMILES string of the molecule is CC(=C=CC[C@@H](O)c1ccc(O)c(F)c1)C[C@@H](O)COCc1ccccc1. The molecule has 0 aliphatic rings. The first kappa shape index (κ1) is 20.9. The number of aliphatic hydroxyl groups excluding tert-OH is 2. The van der Waals surface area contributed by atoms with Crippen molar-refractivity contribution < 1.29 is 24.4 Å². The molecule has 0 radical (unpaired) electrons. The fourth-order valence-electron chi connectivity index (χ4n) is 2.57. The average Bonchev–Trinajstić information content (AvgIpc) is 2.64. The first-order chi connectivity index (χ1) is 13.0. The molecule has 0 unspecified atom stereocenters. The summed E-state index contributed by atoms with van der Waals surface area (Å²) in [6, 6.07) is 13.5. The van der Waals surface area contributed by atoms with E-state index in [1.807, 2.05) is 37.3 Å². The van der Waals surface area contributed by atoms with Crippen LogP contribution in [0.1, 0.15) is 37.0 Å². The van der Waals surface area contributed by atoms with Crippen LogP contribution in [0.2, 0.25) is 0 Å². The van der Waals surface area contributed by atoms with Gasteiger partial charge < -0.3 is 20.1 Å². The van der Waals surface area contributed by atoms with Gasteiger partial charge in [0.15, 0.2) is 11.6 Å². The van der Waals surface area contributed by atoms with Gasteiger partial charge in [0.1, 0.15) is 0 Å². The molecule has 2 rings (SSSR count). The maximum absolute atomic E-state index is 13.3. The number of phenols is 1. The second-order valence-electron chi connectivity index (χ2n) is 6.45. The van der Waals surface area contributed by atoms with Crippen molar-refractivity contribution in [2.24, 2.45) is 0 Å². The Bertz CT molecular complexity index is 782. The highest BCUT2D eigenvalue weighted by Crippen LogP contribution is 2.23. The molecule has 0 heterocycles. The molecular weight excluding hydrogens is 347 g/mol. The molecule has 5 heteroatoms. The zero-order chi connectivity index (χ0) is 19.6. The van der Waals surface area contributed by atoms with E-state index in [-0.39, 0.29) is 13.0 Å². The van der Waals surface area contributed by atoms with Gasteiger partial charge in [-0.1, -0.05) is 36.4 Å². The summed E-state index contributed by atoms with van der Waals surface area (Å²) in [6.07, 6.45) is 0.796. The van der Waals surface area contributed by atoms with E-state index in [1.165, 1.54) is 12.1 Å². The number of aliphatic hydroxyl groups is 2. The van der Waals surface area contributed by atoms with Gasteiger partial charge in [-0.25, -0.2) is 4.39 Å². The van der Waals surface area contributed by atoms with E-state index in [0.717, 1.165) is 17.2 Å². The molecule has 2 atom stereocenters. The third kappa shape index (κ3) is 7.37. The Hall–Kier alpha value is -2.43. The van der Waals surface area contributed by atoms with Crippen molar-refractivity contribution in [2.75, 3.05) is 6.61 Å². The van der Waals surface area contributed by atoms with Crippen molar-refractivity contribution in [1.82, 2.24) is 0 Å². The third-order valence-electron chi connectivity index (χ3n) is 4.01. The van der Waals surface area contributed by atoms with Crippen LogP contribution in [0.5, 0.6) is 5.75 Å². The Morgan fingerprint density at radius 3 is 2.63 bits per heavy atom. The van der Waals surface area contributed by atoms with Crippen LogP contribution >= 0.6 is 0 Å². The number of rotatable bonds is 9. The topological polar surface area (TPSA) is 69.9 Å². The van der Waals surface area contributed by atoms with Crippen LogP contribution in [0.3, 0.4) is 0 Å². The van der Waals surface area contributed by atoms with E-state index in [9.17, 15) is 19.7 Å². The number of phenolic OH excluding ortho intramolecular Hbond substituents is 1. The number of halogens is 1. The molecule has 2 aromatic carbocycles. The van der Waals surface area contributed by atoms with E-state index in [0.29, 0.717) is 18.6 Å². The minimum Gasteiger partial charge on any atom is -0.505 e. The van der Waals surface area contributed by atoms with Crippen LogP contribution in [-0.4, -0.2) is 28.0 Å². The zero-order valence-corrected chi connectivity index (χ0v) is 15.3. The summed E-state index contributed by atoms with van der Waals surface area (Å²) in [7, 11) is 0. The molecule has 3 N–H and O–H groups in total. The second-order valence-corrected chi connectivity index (χ2v) is 6.45. The smallest absolute Gasteiger partial charge is 0.165 e. The lowest BCUT2D eigenvalue weighted by atomic mass is 10.1. The van der Waals surface area contributed by atoms with E-state index in [2.05, 4.69) is 5.73 Å². The fourth-order valence-corrected chi connectivity index (χ4v) is 2.57. The lowest BCUT2D eigenvalue weighted by molar-refractivity contribution is 0.0289. The van der Waals surface area contributed by atoms with Gasteiger partial charge in [0.25, 0.3) is 0 Å². The molecule has 0 saturated heterocycles. The molecule has 0 fully saturated rings. The molecule has 27 heavy (non-hydrogen) atoms. The largest absolute Gasteiger partial charge is 0.505 e. The van der Waals surface area contributed by atoms with Gasteiger partial charge >= 0.3 is 0 Å². The van der Waals surface area contributed by atoms with Gasteiger partial charge in [-0.2, -0.15) is 0 Å². The molecule has 0 aliphatic heterocycles. The van der Waals surface area contributed by atoms with Crippen molar-refractivity contribution in [3.8, 4) is 5.75 Å². The minimum atomic E-state index is -0.889. The lowest BCUT2D eigenvalue weighted by Crippen LogP contribution is -2.15. The summed E-state index contributed by atoms with van der Waals surface area (Å²) in [4.78, 5) is 0. The predicted molar refractivity (Wildman–Crippen MR) is 102 cm³/mol. The Morgan fingerprint density at radius 1 is 1.19 bits per heavy atom. The van der Waals surface area contributed by atoms with Gasteiger partial charge in [0, 0.05) is 12.8 Å². The van der Waals surface area contributed by atoms with Gasteiger partial charge in [-0.05, 0) is 41.8 Å². The molecule has 0 aromatic heterocycles. The second kappa shape index (κ2) is 10.7. The molecule has 144 valence electrons. The summed E-state index contributed by atoms with van der Waals surface area (Å²) in [5.41, 5.74) is 5.29. The monoisotopic (exact) mass is 372 g/mol. The molecule has 0 saturated carbocycles. The van der Waals surface area contributed by atoms with Crippen molar-refractivity contribution in [1.29, 1.82) is 0 Å². The lowest BCUT2D eigenvalue weighted by Gasteiger charge is -2.11. The summed E-state index contributed by atoms with van der Waals surface area (Å²) in [5, 5.41) is 29.3. The van der Waals surface area contributed by atoms with Crippen molar-refractivity contribution in [2.45, 2.75) is 38.6 Å². The van der Waals surface area contributed by atoms with Crippen LogP contribution in [0.25, 0.3) is 0 Å². The number of aromatic hydroxyl groups is 1. The van der Waals surface area contributed by atoms with Gasteiger partial charge in [0.2, 0.25) is 0 Å². The first-order valence-electron chi connectivity index (χ1n) is 8.82. The Labute approximate surface area is 158 Å². The molecule has 0 spiro atoms. The third-order valence-corrected chi connectivity index (χ3v) is 4.01. The van der Waals surface area contributed by atoms with Gasteiger partial charge in [0.05, 0.1) is 25.4 Å². The maximum atomic E-state index is 13.3. The number of hydrogen-bond acceptors (Lipinski definition) is 4. The number of ether oxygens (including phenoxy) is 1. The normalized spacial score (nSPS) is 12.9. The van der Waals surface area contributed by atoms with Crippen molar-refractivity contribution in [3.05, 3.63) is 82.9 Å². The van der Waals surface area contributed by atoms with E-state index in [4.69, 9.17) is 4.74 Å². The summed E-state index contributed by atoms with van der Waals surface area (Å²) in [5.74, 6) is -1.21. The summed E-state index contributed by atoms with van der Waals surface area (Å²) < 4.78 is 18.8. The number of hydrogen-bond donors (Lipinski definition) is 3. The highest BCUT2D eigenvalue weighted by Gasteiger charge is 2.09. The molecule has 0 bridgehead atoms. The first-order valence-corrected chi connectivity index (χ1v) is 8.82. The highest BCUT2D eigenvalue weighted by atomic mass is 19.1. The van der Waals surface area contributed by atoms with Gasteiger partial charge in [-0.15, -0.1) is 5.73 Å². The van der Waals surface area contributed by atoms with Crippen LogP contribution in [0.15, 0.2) is 65.9 Å². The molecule has 0 aliphatic carbocycles. The van der Waals surface area contributed by atoms with Crippen LogP contribution in [0, 0.1) is 5.82 Å². The minimum absolute atomic E-state index is 0.226. The summed E-state index contributed by atoms with van der Waals surface area (Å²) in [6.45, 7) is 2.51. The Kier molecular flexibility index (Phi) is 8.24. The van der Waals surface area contributed by atoms with Crippen LogP contribution in [0.4, 0.5) is 4.39 Å². The summed E-state index contributed by atoms with van der Waals surface area (Å²) >= 11 is 0. The van der Waals surface area contributed by atoms with Crippen molar-refractivity contribution in [3.63, 3.8) is 0 Å². The zero-order valence-electron chi connectivity index (χ0n) is 15.3. The fraction of sp³-hybridized carbons (Fsp3) is 0.318. The van der Waals surface area contributed by atoms with Crippen LogP contribution in [-0.2, 0) is 11.3 Å². The van der Waals surface area contributed by atoms with E-state index < -0.39 is 23.8 Å². The quantitative estimate of drug-likeness (QED) is 0.582. The van der Waals surface area contributed by atoms with Crippen molar-refractivity contribution >= 4 is 0 Å². The maximum Gasteiger partial charge on any atom is 0.165 e. The Morgan fingerprint density at radius 2 is 1.93 bits per heavy atom. The van der Waals surface area contributed by atoms with Gasteiger partial charge in [-0.3, -0.25) is 0 Å². The van der Waals surface area contributed by atoms with E-state index in [1.54, 1.807) is 6.08 Å². The molecular formula is C22H25FO4. The molecule has 0 amide bonds. The Balaban J connectivity index is 1.77. The van der Waals surface area contributed by atoms with Crippen LogP contribution < -0.4 is 0 Å². The molecule has 4 nitrogen and oxygen atoms in total. The number of benzene rings is 2. The predicted octanol–water partition coefficient (Wildman–Crippen LogP) is 4.02. The highest BCUT2D eigenvalue weighted by molar-refractivity contribution is 5.29.